The number of hydrogen-bond donors (Lipinski definition) is 1. The van der Waals surface area contributed by atoms with Gasteiger partial charge in [0.2, 0.25) is 0 Å². The lowest BCUT2D eigenvalue weighted by Crippen LogP contribution is -2.51. The van der Waals surface area contributed by atoms with E-state index in [4.69, 9.17) is 0 Å². The summed E-state index contributed by atoms with van der Waals surface area (Å²) < 4.78 is 1.16. The molecule has 1 aliphatic rings. The average molecular weight is 312 g/mol. The summed E-state index contributed by atoms with van der Waals surface area (Å²) in [7, 11) is 0. The van der Waals surface area contributed by atoms with Crippen LogP contribution in [0.1, 0.15) is 32.3 Å². The average Bonchev–Trinajstić information content (AvgIpc) is 2.29. The molecule has 0 bridgehead atoms. The van der Waals surface area contributed by atoms with Crippen molar-refractivity contribution in [3.63, 3.8) is 0 Å². The summed E-state index contributed by atoms with van der Waals surface area (Å²) in [5.74, 6) is 0.445. The Kier molecular flexibility index (Phi) is 4.02. The molecule has 1 fully saturated rings. The molecule has 100 valence electrons. The maximum atomic E-state index is 9.34. The van der Waals surface area contributed by atoms with Crippen LogP contribution in [-0.4, -0.2) is 23.8 Å². The summed E-state index contributed by atoms with van der Waals surface area (Å²) in [5, 5.41) is 9.34. The SMILES string of the molecule is Cc1ccc(N2CCC(CO)CC2(C)C)c(Br)c1. The lowest BCUT2D eigenvalue weighted by atomic mass is 9.82. The minimum absolute atomic E-state index is 0.101. The van der Waals surface area contributed by atoms with Gasteiger partial charge in [0.1, 0.15) is 0 Å². The van der Waals surface area contributed by atoms with Gasteiger partial charge in [0.15, 0.2) is 0 Å². The zero-order valence-electron chi connectivity index (χ0n) is 11.4. The van der Waals surface area contributed by atoms with E-state index in [9.17, 15) is 5.11 Å². The van der Waals surface area contributed by atoms with E-state index in [-0.39, 0.29) is 5.54 Å². The third kappa shape index (κ3) is 2.72. The standard InChI is InChI=1S/C15H22BrNO/c1-11-4-5-14(13(16)8-11)17-7-6-12(10-18)9-15(17,2)3/h4-5,8,12,18H,6-7,9-10H2,1-3H3. The summed E-state index contributed by atoms with van der Waals surface area (Å²) in [5.41, 5.74) is 2.64. The van der Waals surface area contributed by atoms with Crippen molar-refractivity contribution >= 4 is 21.6 Å². The highest BCUT2D eigenvalue weighted by Gasteiger charge is 2.35. The Hall–Kier alpha value is -0.540. The second-order valence-electron chi connectivity index (χ2n) is 5.96. The Morgan fingerprint density at radius 3 is 2.72 bits per heavy atom. The van der Waals surface area contributed by atoms with Crippen molar-refractivity contribution in [2.45, 2.75) is 39.2 Å². The smallest absolute Gasteiger partial charge is 0.0515 e. The molecule has 0 aromatic heterocycles. The van der Waals surface area contributed by atoms with Crippen molar-refractivity contribution in [2.75, 3.05) is 18.1 Å². The Bertz CT molecular complexity index is 431. The van der Waals surface area contributed by atoms with E-state index in [0.717, 1.165) is 23.9 Å². The molecule has 1 aliphatic heterocycles. The number of hydrogen-bond acceptors (Lipinski definition) is 2. The molecule has 0 radical (unpaired) electrons. The minimum atomic E-state index is 0.101. The van der Waals surface area contributed by atoms with Gasteiger partial charge in [-0.15, -0.1) is 0 Å². The molecule has 3 heteroatoms. The number of aryl methyl sites for hydroxylation is 1. The third-order valence-electron chi connectivity index (χ3n) is 3.93. The Balaban J connectivity index is 2.27. The van der Waals surface area contributed by atoms with E-state index in [2.05, 4.69) is 59.8 Å². The van der Waals surface area contributed by atoms with Crippen LogP contribution in [0.2, 0.25) is 0 Å². The van der Waals surface area contributed by atoms with Gasteiger partial charge < -0.3 is 10.0 Å². The molecule has 18 heavy (non-hydrogen) atoms. The first-order valence-electron chi connectivity index (χ1n) is 6.58. The molecule has 1 aromatic carbocycles. The Labute approximate surface area is 118 Å². The van der Waals surface area contributed by atoms with Crippen LogP contribution in [0.25, 0.3) is 0 Å². The minimum Gasteiger partial charge on any atom is -0.396 e. The van der Waals surface area contributed by atoms with Gasteiger partial charge in [0, 0.05) is 23.2 Å². The highest BCUT2D eigenvalue weighted by atomic mass is 79.9. The second kappa shape index (κ2) is 5.22. The quantitative estimate of drug-likeness (QED) is 0.899. The molecule has 2 nitrogen and oxygen atoms in total. The largest absolute Gasteiger partial charge is 0.396 e. The van der Waals surface area contributed by atoms with Crippen molar-refractivity contribution in [3.05, 3.63) is 28.2 Å². The molecule has 1 unspecified atom stereocenters. The van der Waals surface area contributed by atoms with Crippen molar-refractivity contribution in [1.82, 2.24) is 0 Å². The summed E-state index contributed by atoms with van der Waals surface area (Å²) in [6.45, 7) is 7.96. The van der Waals surface area contributed by atoms with Crippen molar-refractivity contribution in [1.29, 1.82) is 0 Å². The maximum Gasteiger partial charge on any atom is 0.0515 e. The number of anilines is 1. The van der Waals surface area contributed by atoms with Gasteiger partial charge in [-0.25, -0.2) is 0 Å². The number of nitrogens with zero attached hydrogens (tertiary/aromatic N) is 1. The molecule has 0 amide bonds. The van der Waals surface area contributed by atoms with Gasteiger partial charge in [-0.2, -0.15) is 0 Å². The van der Waals surface area contributed by atoms with Crippen LogP contribution < -0.4 is 4.90 Å². The molecular formula is C15H22BrNO. The first-order chi connectivity index (χ1) is 8.44. The van der Waals surface area contributed by atoms with Gasteiger partial charge in [-0.05, 0) is 73.2 Å². The normalized spacial score (nSPS) is 23.2. The van der Waals surface area contributed by atoms with Gasteiger partial charge in [0.05, 0.1) is 5.69 Å². The highest BCUT2D eigenvalue weighted by molar-refractivity contribution is 9.10. The molecule has 1 N–H and O–H groups in total. The number of halogens is 1. The van der Waals surface area contributed by atoms with E-state index in [0.29, 0.717) is 12.5 Å². The topological polar surface area (TPSA) is 23.5 Å². The number of piperidine rings is 1. The fourth-order valence-electron chi connectivity index (χ4n) is 2.97. The van der Waals surface area contributed by atoms with Crippen LogP contribution in [0.5, 0.6) is 0 Å². The van der Waals surface area contributed by atoms with Crippen LogP contribution in [0.4, 0.5) is 5.69 Å². The molecule has 1 saturated heterocycles. The maximum absolute atomic E-state index is 9.34. The van der Waals surface area contributed by atoms with Crippen molar-refractivity contribution < 1.29 is 5.11 Å². The number of rotatable bonds is 2. The first-order valence-corrected chi connectivity index (χ1v) is 7.38. The molecule has 1 aromatic rings. The van der Waals surface area contributed by atoms with Crippen molar-refractivity contribution in [2.24, 2.45) is 5.92 Å². The second-order valence-corrected chi connectivity index (χ2v) is 6.81. The summed E-state index contributed by atoms with van der Waals surface area (Å²) >= 11 is 3.68. The third-order valence-corrected chi connectivity index (χ3v) is 4.57. The zero-order chi connectivity index (χ0) is 13.3. The number of aliphatic hydroxyl groups excluding tert-OH is 1. The molecule has 0 saturated carbocycles. The highest BCUT2D eigenvalue weighted by Crippen LogP contribution is 2.38. The summed E-state index contributed by atoms with van der Waals surface area (Å²) in [6.07, 6.45) is 2.12. The zero-order valence-corrected chi connectivity index (χ0v) is 13.0. The van der Waals surface area contributed by atoms with Gasteiger partial charge >= 0.3 is 0 Å². The molecule has 0 spiro atoms. The lowest BCUT2D eigenvalue weighted by molar-refractivity contribution is 0.166. The van der Waals surface area contributed by atoms with Crippen LogP contribution >= 0.6 is 15.9 Å². The molecular weight excluding hydrogens is 290 g/mol. The van der Waals surface area contributed by atoms with E-state index in [1.807, 2.05) is 0 Å². The van der Waals surface area contributed by atoms with Crippen molar-refractivity contribution in [3.8, 4) is 0 Å². The molecule has 1 heterocycles. The van der Waals surface area contributed by atoms with E-state index in [1.54, 1.807) is 0 Å². The summed E-state index contributed by atoms with van der Waals surface area (Å²) in [4.78, 5) is 2.46. The van der Waals surface area contributed by atoms with E-state index >= 15 is 0 Å². The fraction of sp³-hybridized carbons (Fsp3) is 0.600. The fourth-order valence-corrected chi connectivity index (χ4v) is 3.67. The van der Waals surface area contributed by atoms with Crippen LogP contribution in [0, 0.1) is 12.8 Å². The van der Waals surface area contributed by atoms with Crippen LogP contribution in [-0.2, 0) is 0 Å². The Morgan fingerprint density at radius 1 is 1.44 bits per heavy atom. The van der Waals surface area contributed by atoms with Gasteiger partial charge in [0.25, 0.3) is 0 Å². The van der Waals surface area contributed by atoms with Crippen LogP contribution in [0.15, 0.2) is 22.7 Å². The van der Waals surface area contributed by atoms with E-state index in [1.165, 1.54) is 11.3 Å². The monoisotopic (exact) mass is 311 g/mol. The van der Waals surface area contributed by atoms with E-state index < -0.39 is 0 Å². The number of benzene rings is 1. The Morgan fingerprint density at radius 2 is 2.17 bits per heavy atom. The van der Waals surface area contributed by atoms with Crippen LogP contribution in [0.3, 0.4) is 0 Å². The lowest BCUT2D eigenvalue weighted by Gasteiger charge is -2.47. The first kappa shape index (κ1) is 13.9. The van der Waals surface area contributed by atoms with Gasteiger partial charge in [-0.3, -0.25) is 0 Å². The predicted molar refractivity (Wildman–Crippen MR) is 80.1 cm³/mol. The predicted octanol–water partition coefficient (Wildman–Crippen LogP) is 3.74. The molecule has 0 aliphatic carbocycles. The van der Waals surface area contributed by atoms with Gasteiger partial charge in [-0.1, -0.05) is 6.07 Å². The molecule has 2 rings (SSSR count). The summed E-state index contributed by atoms with van der Waals surface area (Å²) in [6, 6.07) is 6.53. The number of aliphatic hydroxyl groups is 1. The molecule has 1 atom stereocenters.